The minimum absolute atomic E-state index is 0.0767. The average molecular weight is 350 g/mol. The van der Waals surface area contributed by atoms with Crippen LogP contribution in [0, 0.1) is 5.92 Å². The van der Waals surface area contributed by atoms with E-state index in [-0.39, 0.29) is 5.56 Å². The number of aryl methyl sites for hydroxylation is 1. The highest BCUT2D eigenvalue weighted by Crippen LogP contribution is 2.36. The molecule has 2 bridgehead atoms. The number of nitrogens with zero attached hydrogens (tertiary/aromatic N) is 5. The van der Waals surface area contributed by atoms with Crippen molar-refractivity contribution >= 4 is 0 Å². The highest BCUT2D eigenvalue weighted by molar-refractivity contribution is 5.53. The monoisotopic (exact) mass is 350 g/mol. The molecule has 3 aromatic heterocycles. The number of likely N-dealkylation sites (tertiary alicyclic amines) is 1. The quantitative estimate of drug-likeness (QED) is 0.779. The Kier molecular flexibility index (Phi) is 3.56. The van der Waals surface area contributed by atoms with E-state index in [9.17, 15) is 4.79 Å². The second-order valence-electron chi connectivity index (χ2n) is 7.54. The van der Waals surface area contributed by atoms with Gasteiger partial charge in [-0.05, 0) is 24.5 Å². The van der Waals surface area contributed by atoms with E-state index in [0.29, 0.717) is 23.2 Å². The summed E-state index contributed by atoms with van der Waals surface area (Å²) in [5.74, 6) is 1.58. The summed E-state index contributed by atoms with van der Waals surface area (Å²) in [4.78, 5) is 22.8. The van der Waals surface area contributed by atoms with E-state index in [1.165, 1.54) is 12.0 Å². The van der Waals surface area contributed by atoms with Crippen LogP contribution in [0.2, 0.25) is 0 Å². The molecule has 2 aliphatic rings. The van der Waals surface area contributed by atoms with Gasteiger partial charge in [0.2, 0.25) is 0 Å². The molecular weight excluding hydrogens is 328 g/mol. The Morgan fingerprint density at radius 3 is 2.96 bits per heavy atom. The van der Waals surface area contributed by atoms with Crippen LogP contribution < -0.4 is 5.56 Å². The number of H-pyrrole nitrogens is 1. The highest BCUT2D eigenvalue weighted by Gasteiger charge is 2.35. The summed E-state index contributed by atoms with van der Waals surface area (Å²) in [6, 6.07) is 4.04. The largest absolute Gasteiger partial charge is 0.344 e. The van der Waals surface area contributed by atoms with Crippen molar-refractivity contribution in [3.05, 3.63) is 58.5 Å². The minimum Gasteiger partial charge on any atom is -0.344 e. The number of imidazole rings is 1. The summed E-state index contributed by atoms with van der Waals surface area (Å²) in [6.45, 7) is 3.74. The lowest BCUT2D eigenvalue weighted by molar-refractivity contribution is 0.114. The molecule has 1 fully saturated rings. The Morgan fingerprint density at radius 2 is 2.19 bits per heavy atom. The van der Waals surface area contributed by atoms with Gasteiger partial charge in [-0.2, -0.15) is 5.10 Å². The van der Waals surface area contributed by atoms with Crippen LogP contribution in [0.4, 0.5) is 0 Å². The van der Waals surface area contributed by atoms with Gasteiger partial charge in [0.25, 0.3) is 5.56 Å². The number of hydrogen-bond acceptors (Lipinski definition) is 4. The molecule has 2 aliphatic heterocycles. The molecule has 3 aromatic rings. The first-order chi connectivity index (χ1) is 12.7. The molecular formula is C19H22N6O. The number of hydrogen-bond donors (Lipinski definition) is 1. The second-order valence-corrected chi connectivity index (χ2v) is 7.54. The van der Waals surface area contributed by atoms with Gasteiger partial charge in [0.15, 0.2) is 0 Å². The fourth-order valence-electron chi connectivity index (χ4n) is 4.58. The van der Waals surface area contributed by atoms with Crippen molar-refractivity contribution < 1.29 is 0 Å². The van der Waals surface area contributed by atoms with Crippen molar-refractivity contribution in [2.75, 3.05) is 13.1 Å². The lowest BCUT2D eigenvalue weighted by atomic mass is 9.83. The molecule has 0 spiro atoms. The summed E-state index contributed by atoms with van der Waals surface area (Å²) in [6.07, 6.45) is 8.63. The summed E-state index contributed by atoms with van der Waals surface area (Å²) < 4.78 is 3.84. The predicted molar refractivity (Wildman–Crippen MR) is 97.6 cm³/mol. The Morgan fingerprint density at radius 1 is 1.27 bits per heavy atom. The maximum atomic E-state index is 13.0. The third kappa shape index (κ3) is 2.59. The predicted octanol–water partition coefficient (Wildman–Crippen LogP) is 1.59. The zero-order valence-corrected chi connectivity index (χ0v) is 14.8. The lowest BCUT2D eigenvalue weighted by Crippen LogP contribution is -2.46. The van der Waals surface area contributed by atoms with Gasteiger partial charge in [0.1, 0.15) is 5.82 Å². The van der Waals surface area contributed by atoms with Gasteiger partial charge in [-0.1, -0.05) is 0 Å². The number of aromatic amines is 1. The van der Waals surface area contributed by atoms with Crippen molar-refractivity contribution in [3.63, 3.8) is 0 Å². The smallest absolute Gasteiger partial charge is 0.261 e. The van der Waals surface area contributed by atoms with Crippen LogP contribution in [-0.4, -0.2) is 42.3 Å². The molecule has 0 aromatic carbocycles. The number of fused-ring (bicyclic) bond motifs is 4. The molecule has 2 atom stereocenters. The summed E-state index contributed by atoms with van der Waals surface area (Å²) in [7, 11) is 1.95. The Labute approximate surface area is 151 Å². The van der Waals surface area contributed by atoms with Crippen LogP contribution in [-0.2, 0) is 20.1 Å². The molecule has 7 heteroatoms. The summed E-state index contributed by atoms with van der Waals surface area (Å²) in [5, 5.41) is 4.27. The van der Waals surface area contributed by atoms with Crippen molar-refractivity contribution in [1.29, 1.82) is 0 Å². The van der Waals surface area contributed by atoms with Gasteiger partial charge in [-0.15, -0.1) is 0 Å². The van der Waals surface area contributed by atoms with E-state index in [1.54, 1.807) is 12.4 Å². The molecule has 0 saturated carbocycles. The summed E-state index contributed by atoms with van der Waals surface area (Å²) >= 11 is 0. The summed E-state index contributed by atoms with van der Waals surface area (Å²) in [5.41, 5.74) is 3.15. The van der Waals surface area contributed by atoms with Crippen LogP contribution >= 0.6 is 0 Å². The third-order valence-corrected chi connectivity index (χ3v) is 5.60. The molecule has 0 aliphatic carbocycles. The fraction of sp³-hybridized carbons (Fsp3) is 0.421. The van der Waals surface area contributed by atoms with Gasteiger partial charge >= 0.3 is 0 Å². The topological polar surface area (TPSA) is 71.7 Å². The van der Waals surface area contributed by atoms with Gasteiger partial charge < -0.3 is 9.55 Å². The van der Waals surface area contributed by atoms with Gasteiger partial charge in [-0.3, -0.25) is 14.4 Å². The molecule has 5 rings (SSSR count). The molecule has 0 unspecified atom stereocenters. The van der Waals surface area contributed by atoms with E-state index >= 15 is 0 Å². The molecule has 0 radical (unpaired) electrons. The number of pyridine rings is 1. The SMILES string of the molecule is Cn1cc(CN2C[C@@H]3C[C@H](C2)c2ccc(-c4ncc[nH]4)c(=O)n2C3)cn1. The van der Waals surface area contributed by atoms with Gasteiger partial charge in [0.05, 0.1) is 11.8 Å². The highest BCUT2D eigenvalue weighted by atomic mass is 16.1. The van der Waals surface area contributed by atoms with E-state index < -0.39 is 0 Å². The second kappa shape index (κ2) is 5.95. The first-order valence-corrected chi connectivity index (χ1v) is 9.11. The molecule has 134 valence electrons. The Bertz CT molecular complexity index is 986. The number of piperidine rings is 1. The molecule has 0 amide bonds. The number of aromatic nitrogens is 5. The van der Waals surface area contributed by atoms with Gasteiger partial charge in [0, 0.05) is 69.0 Å². The van der Waals surface area contributed by atoms with Crippen LogP contribution in [0.1, 0.15) is 23.6 Å². The van der Waals surface area contributed by atoms with Crippen LogP contribution in [0.5, 0.6) is 0 Å². The molecule has 26 heavy (non-hydrogen) atoms. The van der Waals surface area contributed by atoms with E-state index in [0.717, 1.165) is 31.9 Å². The molecule has 5 heterocycles. The molecule has 1 N–H and O–H groups in total. The van der Waals surface area contributed by atoms with Crippen LogP contribution in [0.3, 0.4) is 0 Å². The molecule has 1 saturated heterocycles. The number of nitrogens with one attached hydrogen (secondary N) is 1. The van der Waals surface area contributed by atoms with Crippen LogP contribution in [0.15, 0.2) is 41.7 Å². The lowest BCUT2D eigenvalue weighted by Gasteiger charge is -2.42. The fourth-order valence-corrected chi connectivity index (χ4v) is 4.58. The van der Waals surface area contributed by atoms with Crippen molar-refractivity contribution in [1.82, 2.24) is 29.2 Å². The Hall–Kier alpha value is -2.67. The third-order valence-electron chi connectivity index (χ3n) is 5.60. The maximum Gasteiger partial charge on any atom is 0.261 e. The first-order valence-electron chi connectivity index (χ1n) is 9.11. The zero-order chi connectivity index (χ0) is 17.7. The average Bonchev–Trinajstić information content (AvgIpc) is 3.28. The van der Waals surface area contributed by atoms with E-state index in [4.69, 9.17) is 0 Å². The number of rotatable bonds is 3. The standard InChI is InChI=1S/C19H22N6O/c1-23-8-14(7-22-23)10-24-9-13-6-15(12-24)17-3-2-16(18-20-4-5-21-18)19(26)25(17)11-13/h2-5,7-8,13,15H,6,9-12H2,1H3,(H,20,21)/t13-,15+/m0/s1. The normalized spacial score (nSPS) is 22.3. The van der Waals surface area contributed by atoms with E-state index in [2.05, 4.69) is 32.2 Å². The first kappa shape index (κ1) is 15.6. The molecule has 7 nitrogen and oxygen atoms in total. The van der Waals surface area contributed by atoms with Crippen molar-refractivity contribution in [2.24, 2.45) is 13.0 Å². The van der Waals surface area contributed by atoms with Crippen molar-refractivity contribution in [3.8, 4) is 11.4 Å². The van der Waals surface area contributed by atoms with Crippen molar-refractivity contribution in [2.45, 2.75) is 25.4 Å². The van der Waals surface area contributed by atoms with Crippen LogP contribution in [0.25, 0.3) is 11.4 Å². The van der Waals surface area contributed by atoms with Gasteiger partial charge in [-0.25, -0.2) is 4.98 Å². The van der Waals surface area contributed by atoms with E-state index in [1.807, 2.05) is 28.6 Å². The maximum absolute atomic E-state index is 13.0. The Balaban J connectivity index is 1.44. The zero-order valence-electron chi connectivity index (χ0n) is 14.8. The minimum atomic E-state index is 0.0767.